The number of carboxylic acids is 1. The lowest BCUT2D eigenvalue weighted by atomic mass is 10.0. The number of aryl methyl sites for hydroxylation is 1. The van der Waals surface area contributed by atoms with E-state index in [0.717, 1.165) is 23.5 Å². The lowest BCUT2D eigenvalue weighted by Crippen LogP contribution is -2.44. The van der Waals surface area contributed by atoms with Crippen LogP contribution in [0.4, 0.5) is 5.69 Å². The summed E-state index contributed by atoms with van der Waals surface area (Å²) in [7, 11) is 0. The van der Waals surface area contributed by atoms with Crippen LogP contribution < -0.4 is 10.6 Å². The molecule has 1 saturated heterocycles. The van der Waals surface area contributed by atoms with Gasteiger partial charge in [-0.25, -0.2) is 0 Å². The first-order chi connectivity index (χ1) is 9.49. The highest BCUT2D eigenvalue weighted by Gasteiger charge is 2.22. The van der Waals surface area contributed by atoms with E-state index in [1.54, 1.807) is 6.20 Å². The standard InChI is InChI=1S/C14H21N3O3/c1-9-8-20-4-3-17(9)13-5-11(7-16-10(13)2)12(15)6-14(18)19/h5,7,9,12H,3-4,6,8,15H2,1-2H3,(H,18,19)/t9-,12?/m0/s1. The minimum atomic E-state index is -0.903. The van der Waals surface area contributed by atoms with Crippen LogP contribution in [-0.4, -0.2) is 41.9 Å². The fraction of sp³-hybridized carbons (Fsp3) is 0.571. The van der Waals surface area contributed by atoms with Crippen LogP contribution >= 0.6 is 0 Å². The van der Waals surface area contributed by atoms with Crippen molar-refractivity contribution >= 4 is 11.7 Å². The van der Waals surface area contributed by atoms with Crippen LogP contribution in [0, 0.1) is 6.92 Å². The van der Waals surface area contributed by atoms with Gasteiger partial charge in [-0.2, -0.15) is 0 Å². The van der Waals surface area contributed by atoms with Gasteiger partial charge < -0.3 is 20.5 Å². The first-order valence-corrected chi connectivity index (χ1v) is 6.77. The molecule has 3 N–H and O–H groups in total. The van der Waals surface area contributed by atoms with Gasteiger partial charge in [0.1, 0.15) is 0 Å². The molecule has 0 aliphatic carbocycles. The van der Waals surface area contributed by atoms with Crippen LogP contribution in [0.3, 0.4) is 0 Å². The molecule has 6 heteroatoms. The maximum absolute atomic E-state index is 10.8. The van der Waals surface area contributed by atoms with Crippen molar-refractivity contribution in [3.63, 3.8) is 0 Å². The summed E-state index contributed by atoms with van der Waals surface area (Å²) in [4.78, 5) is 17.4. The van der Waals surface area contributed by atoms with Crippen molar-refractivity contribution in [2.24, 2.45) is 5.73 Å². The number of pyridine rings is 1. The zero-order valence-electron chi connectivity index (χ0n) is 11.9. The van der Waals surface area contributed by atoms with E-state index in [0.29, 0.717) is 13.2 Å². The predicted molar refractivity (Wildman–Crippen MR) is 75.8 cm³/mol. The van der Waals surface area contributed by atoms with Gasteiger partial charge in [-0.15, -0.1) is 0 Å². The number of rotatable bonds is 4. The van der Waals surface area contributed by atoms with E-state index in [1.165, 1.54) is 0 Å². The van der Waals surface area contributed by atoms with Crippen LogP contribution in [0.1, 0.15) is 30.6 Å². The van der Waals surface area contributed by atoms with E-state index >= 15 is 0 Å². The Morgan fingerprint density at radius 2 is 2.45 bits per heavy atom. The van der Waals surface area contributed by atoms with Crippen molar-refractivity contribution in [1.29, 1.82) is 0 Å². The fourth-order valence-corrected chi connectivity index (χ4v) is 2.42. The minimum Gasteiger partial charge on any atom is -0.481 e. The van der Waals surface area contributed by atoms with E-state index in [4.69, 9.17) is 15.6 Å². The zero-order valence-corrected chi connectivity index (χ0v) is 11.9. The number of nitrogens with two attached hydrogens (primary N) is 1. The van der Waals surface area contributed by atoms with Crippen molar-refractivity contribution < 1.29 is 14.6 Å². The number of morpholine rings is 1. The molecule has 0 amide bonds. The second-order valence-corrected chi connectivity index (χ2v) is 5.19. The number of carboxylic acid groups (broad SMARTS) is 1. The minimum absolute atomic E-state index is 0.0944. The molecule has 0 spiro atoms. The van der Waals surface area contributed by atoms with Crippen LogP contribution in [-0.2, 0) is 9.53 Å². The Labute approximate surface area is 118 Å². The summed E-state index contributed by atoms with van der Waals surface area (Å²) in [5, 5.41) is 8.83. The molecular weight excluding hydrogens is 258 g/mol. The lowest BCUT2D eigenvalue weighted by Gasteiger charge is -2.36. The molecule has 6 nitrogen and oxygen atoms in total. The van der Waals surface area contributed by atoms with Crippen molar-refractivity contribution in [2.75, 3.05) is 24.7 Å². The lowest BCUT2D eigenvalue weighted by molar-refractivity contribution is -0.137. The number of aliphatic carboxylic acids is 1. The Morgan fingerprint density at radius 3 is 3.10 bits per heavy atom. The van der Waals surface area contributed by atoms with Crippen LogP contribution in [0.15, 0.2) is 12.3 Å². The monoisotopic (exact) mass is 279 g/mol. The van der Waals surface area contributed by atoms with E-state index < -0.39 is 12.0 Å². The van der Waals surface area contributed by atoms with Crippen molar-refractivity contribution in [2.45, 2.75) is 32.4 Å². The number of hydrogen-bond donors (Lipinski definition) is 2. The second kappa shape index (κ2) is 6.19. The topological polar surface area (TPSA) is 88.7 Å². The van der Waals surface area contributed by atoms with Gasteiger partial charge in [0.25, 0.3) is 0 Å². The fourth-order valence-electron chi connectivity index (χ4n) is 2.42. The largest absolute Gasteiger partial charge is 0.481 e. The maximum Gasteiger partial charge on any atom is 0.305 e. The molecule has 0 saturated carbocycles. The van der Waals surface area contributed by atoms with E-state index in [9.17, 15) is 4.79 Å². The summed E-state index contributed by atoms with van der Waals surface area (Å²) in [6.07, 6.45) is 1.57. The summed E-state index contributed by atoms with van der Waals surface area (Å²) in [5.41, 5.74) is 8.61. The normalized spacial score (nSPS) is 20.8. The Balaban J connectivity index is 2.26. The maximum atomic E-state index is 10.8. The second-order valence-electron chi connectivity index (χ2n) is 5.19. The number of nitrogens with zero attached hydrogens (tertiary/aromatic N) is 2. The quantitative estimate of drug-likeness (QED) is 0.857. The summed E-state index contributed by atoms with van der Waals surface area (Å²) in [6.45, 7) is 6.23. The zero-order chi connectivity index (χ0) is 14.7. The molecule has 110 valence electrons. The van der Waals surface area contributed by atoms with Crippen molar-refractivity contribution in [3.05, 3.63) is 23.5 Å². The molecule has 0 bridgehead atoms. The van der Waals surface area contributed by atoms with Crippen LogP contribution in [0.2, 0.25) is 0 Å². The number of aromatic nitrogens is 1. The SMILES string of the molecule is Cc1ncc(C(N)CC(=O)O)cc1N1CCOC[C@@H]1C. The predicted octanol–water partition coefficient (Wildman–Crippen LogP) is 1.09. The van der Waals surface area contributed by atoms with Gasteiger partial charge in [0.15, 0.2) is 0 Å². The highest BCUT2D eigenvalue weighted by Crippen LogP contribution is 2.26. The van der Waals surface area contributed by atoms with Gasteiger partial charge in [0.05, 0.1) is 31.0 Å². The smallest absolute Gasteiger partial charge is 0.305 e. The summed E-state index contributed by atoms with van der Waals surface area (Å²) in [6, 6.07) is 1.70. The van der Waals surface area contributed by atoms with E-state index in [-0.39, 0.29) is 12.5 Å². The van der Waals surface area contributed by atoms with Gasteiger partial charge >= 0.3 is 5.97 Å². The summed E-state index contributed by atoms with van der Waals surface area (Å²) in [5.74, 6) is -0.903. The van der Waals surface area contributed by atoms with Gasteiger partial charge in [-0.05, 0) is 25.5 Å². The molecule has 2 rings (SSSR count). The molecule has 0 radical (unpaired) electrons. The van der Waals surface area contributed by atoms with Gasteiger partial charge in [0, 0.05) is 24.8 Å². The average Bonchev–Trinajstić information content (AvgIpc) is 2.39. The Kier molecular flexibility index (Phi) is 4.57. The first kappa shape index (κ1) is 14.7. The average molecular weight is 279 g/mol. The Morgan fingerprint density at radius 1 is 1.70 bits per heavy atom. The van der Waals surface area contributed by atoms with Gasteiger partial charge in [-0.3, -0.25) is 9.78 Å². The molecule has 1 fully saturated rings. The van der Waals surface area contributed by atoms with Gasteiger partial charge in [0.2, 0.25) is 0 Å². The Hall–Kier alpha value is -1.66. The van der Waals surface area contributed by atoms with Crippen LogP contribution in [0.25, 0.3) is 0 Å². The molecule has 2 heterocycles. The highest BCUT2D eigenvalue weighted by molar-refractivity contribution is 5.68. The van der Waals surface area contributed by atoms with Crippen molar-refractivity contribution in [3.8, 4) is 0 Å². The van der Waals surface area contributed by atoms with E-state index in [2.05, 4.69) is 16.8 Å². The first-order valence-electron chi connectivity index (χ1n) is 6.77. The molecule has 1 aliphatic heterocycles. The highest BCUT2D eigenvalue weighted by atomic mass is 16.5. The molecular formula is C14H21N3O3. The number of carbonyl (C=O) groups is 1. The van der Waals surface area contributed by atoms with Gasteiger partial charge in [-0.1, -0.05) is 0 Å². The number of anilines is 1. The Bertz CT molecular complexity index is 493. The molecule has 2 atom stereocenters. The van der Waals surface area contributed by atoms with Crippen molar-refractivity contribution in [1.82, 2.24) is 4.98 Å². The molecule has 1 aromatic heterocycles. The summed E-state index contributed by atoms with van der Waals surface area (Å²) >= 11 is 0. The number of hydrogen-bond acceptors (Lipinski definition) is 5. The van der Waals surface area contributed by atoms with E-state index in [1.807, 2.05) is 13.0 Å². The van der Waals surface area contributed by atoms with Crippen LogP contribution in [0.5, 0.6) is 0 Å². The third-order valence-electron chi connectivity index (χ3n) is 3.58. The molecule has 1 aliphatic rings. The molecule has 20 heavy (non-hydrogen) atoms. The molecule has 1 unspecified atom stereocenters. The molecule has 0 aromatic carbocycles. The number of ether oxygens (including phenoxy) is 1. The third-order valence-corrected chi connectivity index (χ3v) is 3.58. The third kappa shape index (κ3) is 3.26. The summed E-state index contributed by atoms with van der Waals surface area (Å²) < 4.78 is 5.44. The molecule has 1 aromatic rings.